The number of benzene rings is 7. The van der Waals surface area contributed by atoms with Gasteiger partial charge in [0.15, 0.2) is 0 Å². The van der Waals surface area contributed by atoms with Gasteiger partial charge in [0, 0.05) is 72.9 Å². The second-order valence-corrected chi connectivity index (χ2v) is 20.8. The van der Waals surface area contributed by atoms with Crippen LogP contribution < -0.4 is 20.4 Å². The van der Waals surface area contributed by atoms with Crippen molar-refractivity contribution in [3.63, 3.8) is 0 Å². The Morgan fingerprint density at radius 3 is 1.52 bits per heavy atom. The number of carbonyl (C=O) groups is 5. The summed E-state index contributed by atoms with van der Waals surface area (Å²) in [4.78, 5) is 69.9. The van der Waals surface area contributed by atoms with Crippen LogP contribution in [0.15, 0.2) is 164 Å². The van der Waals surface area contributed by atoms with Crippen molar-refractivity contribution in [2.24, 2.45) is 0 Å². The number of amides is 4. The maximum absolute atomic E-state index is 12.8. The molecule has 0 saturated carbocycles. The van der Waals surface area contributed by atoms with Gasteiger partial charge < -0.3 is 29.7 Å². The number of hydrogen-bond donors (Lipinski definition) is 4. The Morgan fingerprint density at radius 2 is 1.01 bits per heavy atom. The molecule has 3 aliphatic heterocycles. The molecule has 19 nitrogen and oxygen atoms in total. The number of rotatable bonds is 16. The topological polar surface area (TPSA) is 241 Å². The molecule has 7 aromatic carbocycles. The van der Waals surface area contributed by atoms with Gasteiger partial charge in [-0.05, 0) is 99.9 Å². The second-order valence-electron chi connectivity index (χ2n) is 19.1. The summed E-state index contributed by atoms with van der Waals surface area (Å²) < 4.78 is 43.1. The smallest absolute Gasteiger partial charge is 0.414 e. The first-order chi connectivity index (χ1) is 38.1. The fourth-order valence-electron chi connectivity index (χ4n) is 9.18. The molecule has 0 aromatic heterocycles. The Balaban J connectivity index is 0.000000203. The molecule has 0 bridgehead atoms. The van der Waals surface area contributed by atoms with Gasteiger partial charge in [0.25, 0.3) is 21.9 Å². The number of piperazine rings is 1. The molecule has 2 unspecified atom stereocenters. The highest BCUT2D eigenvalue weighted by atomic mass is 32.2. The minimum absolute atomic E-state index is 0.0187. The standard InChI is InChI=1S/C36H37N5O5.C23H21N3O6S/c37-34(38-35(43)30-11-10-27-8-4-5-9-29(27)22-30)28-12-14-31(15-13-28)41-24-32(46-36(41)44)23-40-20-18-39(19-21-40)17-16-33(42)45-25-26-6-2-1-3-7-26;1-33(29,30)31-14-20-13-26(23(28)32-20)19-10-8-16(9-11-19)21(24)25-22(27)18-7-6-15-4-2-3-5-17(15)12-18/h1-15,22,32H,16-21,23-25H2,(H2,37,38,43);2-12,20H,13-14H2,1H3,(H2,24,25,27). The van der Waals surface area contributed by atoms with Crippen LogP contribution in [0.3, 0.4) is 0 Å². The van der Waals surface area contributed by atoms with Crippen molar-refractivity contribution in [2.75, 3.05) is 75.0 Å². The van der Waals surface area contributed by atoms with E-state index in [1.165, 1.54) is 4.90 Å². The molecule has 406 valence electrons. The summed E-state index contributed by atoms with van der Waals surface area (Å²) in [6, 6.07) is 49.3. The van der Waals surface area contributed by atoms with Crippen molar-refractivity contribution in [3.8, 4) is 0 Å². The lowest BCUT2D eigenvalue weighted by Gasteiger charge is -2.35. The minimum Gasteiger partial charge on any atom is -0.461 e. The first kappa shape index (κ1) is 55.0. The number of carbonyl (C=O) groups excluding carboxylic acids is 5. The Kier molecular flexibility index (Phi) is 17.5. The summed E-state index contributed by atoms with van der Waals surface area (Å²) in [6.07, 6.45) is -0.710. The molecule has 4 amide bonds. The average Bonchev–Trinajstić information content (AvgIpc) is 4.07. The number of hydrogen-bond acceptors (Lipinski definition) is 15. The Labute approximate surface area is 456 Å². The minimum atomic E-state index is -3.64. The molecule has 3 fully saturated rings. The molecule has 10 rings (SSSR count). The number of ether oxygens (including phenoxy) is 3. The number of esters is 1. The summed E-state index contributed by atoms with van der Waals surface area (Å²) in [6.45, 7) is 5.22. The van der Waals surface area contributed by atoms with Crippen LogP contribution in [0.25, 0.3) is 21.5 Å². The lowest BCUT2D eigenvalue weighted by atomic mass is 10.1. The van der Waals surface area contributed by atoms with Gasteiger partial charge in [0.05, 0.1) is 25.8 Å². The van der Waals surface area contributed by atoms with E-state index in [1.807, 2.05) is 97.1 Å². The van der Waals surface area contributed by atoms with E-state index in [2.05, 4.69) is 20.4 Å². The number of amidine groups is 2. The predicted octanol–water partition coefficient (Wildman–Crippen LogP) is 7.57. The van der Waals surface area contributed by atoms with E-state index in [-0.39, 0.29) is 42.8 Å². The van der Waals surface area contributed by atoms with Gasteiger partial charge in [0.2, 0.25) is 0 Å². The van der Waals surface area contributed by atoms with Gasteiger partial charge in [0.1, 0.15) is 37.1 Å². The quantitative estimate of drug-likeness (QED) is 0.0240. The third kappa shape index (κ3) is 14.8. The molecule has 4 N–H and O–H groups in total. The third-order valence-electron chi connectivity index (χ3n) is 13.5. The molecule has 2 atom stereocenters. The van der Waals surface area contributed by atoms with Crippen LogP contribution in [0.2, 0.25) is 0 Å². The van der Waals surface area contributed by atoms with Gasteiger partial charge in [-0.15, -0.1) is 0 Å². The van der Waals surface area contributed by atoms with Crippen LogP contribution in [0.1, 0.15) is 43.8 Å². The maximum Gasteiger partial charge on any atom is 0.414 e. The highest BCUT2D eigenvalue weighted by Crippen LogP contribution is 2.25. The maximum atomic E-state index is 12.8. The summed E-state index contributed by atoms with van der Waals surface area (Å²) >= 11 is 0. The third-order valence-corrected chi connectivity index (χ3v) is 14.0. The summed E-state index contributed by atoms with van der Waals surface area (Å²) in [5.74, 6) is -1.04. The van der Waals surface area contributed by atoms with E-state index >= 15 is 0 Å². The van der Waals surface area contributed by atoms with Crippen molar-refractivity contribution in [3.05, 3.63) is 192 Å². The highest BCUT2D eigenvalue weighted by Gasteiger charge is 2.35. The average molecular weight is 1090 g/mol. The van der Waals surface area contributed by atoms with Gasteiger partial charge in [-0.25, -0.2) is 9.59 Å². The fraction of sp³-hybridized carbons (Fsp3) is 0.237. The molecular weight excluding hydrogens is 1030 g/mol. The lowest BCUT2D eigenvalue weighted by Crippen LogP contribution is -2.49. The Morgan fingerprint density at radius 1 is 0.570 bits per heavy atom. The molecule has 20 heteroatoms. The van der Waals surface area contributed by atoms with E-state index < -0.39 is 34.3 Å². The zero-order valence-electron chi connectivity index (χ0n) is 43.2. The molecule has 0 spiro atoms. The summed E-state index contributed by atoms with van der Waals surface area (Å²) in [5.41, 5.74) is 4.07. The van der Waals surface area contributed by atoms with Crippen LogP contribution in [0, 0.1) is 10.8 Å². The Bertz CT molecular complexity index is 3500. The van der Waals surface area contributed by atoms with Crippen molar-refractivity contribution >= 4 is 84.7 Å². The van der Waals surface area contributed by atoms with Crippen LogP contribution in [-0.4, -0.2) is 137 Å². The first-order valence-corrected chi connectivity index (χ1v) is 27.4. The summed E-state index contributed by atoms with van der Waals surface area (Å²) in [5, 5.41) is 25.8. The number of nitrogens with one attached hydrogen (secondary N) is 4. The zero-order chi connectivity index (χ0) is 55.5. The monoisotopic (exact) mass is 1090 g/mol. The molecular formula is C59H58N8O11S. The Hall–Kier alpha value is -8.82. The second kappa shape index (κ2) is 25.1. The molecule has 3 saturated heterocycles. The molecule has 7 aromatic rings. The van der Waals surface area contributed by atoms with Gasteiger partial charge >= 0.3 is 18.2 Å². The molecule has 0 radical (unpaired) electrons. The molecule has 3 aliphatic rings. The van der Waals surface area contributed by atoms with Crippen molar-refractivity contribution < 1.29 is 50.8 Å². The van der Waals surface area contributed by atoms with Gasteiger partial charge in [-0.3, -0.25) is 44.1 Å². The highest BCUT2D eigenvalue weighted by molar-refractivity contribution is 7.86. The van der Waals surface area contributed by atoms with Gasteiger partial charge in [-0.2, -0.15) is 8.42 Å². The van der Waals surface area contributed by atoms with Crippen molar-refractivity contribution in [1.29, 1.82) is 10.8 Å². The zero-order valence-corrected chi connectivity index (χ0v) is 44.0. The van der Waals surface area contributed by atoms with Crippen LogP contribution in [0.5, 0.6) is 0 Å². The lowest BCUT2D eigenvalue weighted by molar-refractivity contribution is -0.145. The number of cyclic esters (lactones) is 2. The predicted molar refractivity (Wildman–Crippen MR) is 299 cm³/mol. The van der Waals surface area contributed by atoms with Gasteiger partial charge in [-0.1, -0.05) is 91.0 Å². The van der Waals surface area contributed by atoms with E-state index in [9.17, 15) is 32.4 Å². The molecule has 79 heavy (non-hydrogen) atoms. The molecule has 0 aliphatic carbocycles. The van der Waals surface area contributed by atoms with E-state index in [1.54, 1.807) is 71.6 Å². The SMILES string of the molecule is CS(=O)(=O)OCC1CN(c2ccc(C(=N)NC(=O)c3ccc4ccccc4c3)cc2)C(=O)O1.N=C(NC(=O)c1ccc2ccccc2c1)c1ccc(N2CC(CN3CCN(CCC(=O)OCc4ccccc4)CC3)OC2=O)cc1. The van der Waals surface area contributed by atoms with Crippen LogP contribution in [-0.2, 0) is 39.9 Å². The van der Waals surface area contributed by atoms with E-state index in [0.717, 1.165) is 59.5 Å². The van der Waals surface area contributed by atoms with Crippen molar-refractivity contribution in [2.45, 2.75) is 25.2 Å². The van der Waals surface area contributed by atoms with Crippen molar-refractivity contribution in [1.82, 2.24) is 20.4 Å². The summed E-state index contributed by atoms with van der Waals surface area (Å²) in [7, 11) is -3.64. The van der Waals surface area contributed by atoms with E-state index in [0.29, 0.717) is 66.3 Å². The van der Waals surface area contributed by atoms with Crippen LogP contribution >= 0.6 is 0 Å². The van der Waals surface area contributed by atoms with Crippen LogP contribution in [0.4, 0.5) is 21.0 Å². The largest absolute Gasteiger partial charge is 0.461 e. The normalized spacial score (nSPS) is 16.6. The number of fused-ring (bicyclic) bond motifs is 2. The fourth-order valence-corrected chi connectivity index (χ4v) is 9.58. The van der Waals surface area contributed by atoms with E-state index in [4.69, 9.17) is 29.2 Å². The number of nitrogens with zero attached hydrogens (tertiary/aromatic N) is 4. The number of anilines is 2. The first-order valence-electron chi connectivity index (χ1n) is 25.5. The molecule has 3 heterocycles.